The van der Waals surface area contributed by atoms with Crippen LogP contribution in [0.1, 0.15) is 43.3 Å². The predicted octanol–water partition coefficient (Wildman–Crippen LogP) is 1.40. The molecule has 1 unspecified atom stereocenters. The van der Waals surface area contributed by atoms with E-state index < -0.39 is 0 Å². The van der Waals surface area contributed by atoms with E-state index in [9.17, 15) is 0 Å². The number of hydrogen-bond donors (Lipinski definition) is 2. The minimum absolute atomic E-state index is 0.139. The summed E-state index contributed by atoms with van der Waals surface area (Å²) in [6, 6.07) is 1.80. The molecule has 0 saturated heterocycles. The van der Waals surface area contributed by atoms with Gasteiger partial charge in [-0.05, 0) is 12.5 Å². The fourth-order valence-electron chi connectivity index (χ4n) is 2.10. The molecule has 2 rings (SSSR count). The molecule has 0 aliphatic rings. The molecule has 2 heterocycles. The first-order valence-corrected chi connectivity index (χ1v) is 6.22. The Morgan fingerprint density at radius 2 is 2.33 bits per heavy atom. The number of nitrogens with zero attached hydrogens (tertiary/aromatic N) is 3. The fraction of sp³-hybridized carbons (Fsp3) is 0.500. The molecule has 0 aliphatic heterocycles. The molecule has 0 bridgehead atoms. The van der Waals surface area contributed by atoms with E-state index in [4.69, 9.17) is 10.3 Å². The van der Waals surface area contributed by atoms with Crippen LogP contribution in [0.2, 0.25) is 0 Å². The first-order valence-electron chi connectivity index (χ1n) is 6.22. The Bertz CT molecular complexity index is 490. The normalized spacial score (nSPS) is 12.8. The summed E-state index contributed by atoms with van der Waals surface area (Å²) in [5.74, 6) is 6.62. The lowest BCUT2D eigenvalue weighted by atomic mass is 10.0. The molecule has 2 aromatic heterocycles. The molecule has 6 nitrogen and oxygen atoms in total. The van der Waals surface area contributed by atoms with Crippen molar-refractivity contribution in [3.8, 4) is 0 Å². The first kappa shape index (κ1) is 12.8. The maximum Gasteiger partial charge on any atom is 0.108 e. The van der Waals surface area contributed by atoms with E-state index in [0.717, 1.165) is 36.4 Å². The Morgan fingerprint density at radius 3 is 3.00 bits per heavy atom. The van der Waals surface area contributed by atoms with E-state index in [2.05, 4.69) is 29.6 Å². The SMILES string of the molecule is CCCn1nncc1C(NN)c1ccoc1CC. The smallest absolute Gasteiger partial charge is 0.108 e. The molecule has 6 heteroatoms. The summed E-state index contributed by atoms with van der Waals surface area (Å²) >= 11 is 0. The summed E-state index contributed by atoms with van der Waals surface area (Å²) < 4.78 is 7.32. The Balaban J connectivity index is 2.36. The summed E-state index contributed by atoms with van der Waals surface area (Å²) in [6.07, 6.45) is 5.26. The van der Waals surface area contributed by atoms with Crippen molar-refractivity contribution in [3.63, 3.8) is 0 Å². The number of aryl methyl sites for hydroxylation is 2. The van der Waals surface area contributed by atoms with Crippen LogP contribution in [0.4, 0.5) is 0 Å². The molecular weight excluding hydrogens is 230 g/mol. The molecule has 18 heavy (non-hydrogen) atoms. The van der Waals surface area contributed by atoms with Crippen LogP contribution in [0.25, 0.3) is 0 Å². The van der Waals surface area contributed by atoms with Gasteiger partial charge in [0.15, 0.2) is 0 Å². The van der Waals surface area contributed by atoms with Crippen LogP contribution in [0.3, 0.4) is 0 Å². The highest BCUT2D eigenvalue weighted by Crippen LogP contribution is 2.25. The zero-order valence-corrected chi connectivity index (χ0v) is 10.8. The van der Waals surface area contributed by atoms with E-state index in [-0.39, 0.29) is 6.04 Å². The van der Waals surface area contributed by atoms with Gasteiger partial charge >= 0.3 is 0 Å². The van der Waals surface area contributed by atoms with Gasteiger partial charge in [0.1, 0.15) is 5.76 Å². The monoisotopic (exact) mass is 249 g/mol. The van der Waals surface area contributed by atoms with Crippen LogP contribution >= 0.6 is 0 Å². The number of hydrazine groups is 1. The highest BCUT2D eigenvalue weighted by atomic mass is 16.3. The van der Waals surface area contributed by atoms with Crippen molar-refractivity contribution in [1.29, 1.82) is 0 Å². The summed E-state index contributed by atoms with van der Waals surface area (Å²) in [7, 11) is 0. The fourth-order valence-corrected chi connectivity index (χ4v) is 2.10. The third-order valence-corrected chi connectivity index (χ3v) is 2.96. The second kappa shape index (κ2) is 5.79. The second-order valence-electron chi connectivity index (χ2n) is 4.13. The number of nitrogens with one attached hydrogen (secondary N) is 1. The molecule has 3 N–H and O–H groups in total. The number of nitrogens with two attached hydrogens (primary N) is 1. The largest absolute Gasteiger partial charge is 0.469 e. The molecule has 0 saturated carbocycles. The number of aromatic nitrogens is 3. The van der Waals surface area contributed by atoms with Crippen molar-refractivity contribution in [2.45, 2.75) is 39.3 Å². The molecule has 0 aromatic carbocycles. The van der Waals surface area contributed by atoms with Gasteiger partial charge in [0.2, 0.25) is 0 Å². The lowest BCUT2D eigenvalue weighted by Crippen LogP contribution is -2.31. The maximum absolute atomic E-state index is 5.68. The lowest BCUT2D eigenvalue weighted by Gasteiger charge is -2.16. The number of furan rings is 1. The zero-order chi connectivity index (χ0) is 13.0. The predicted molar refractivity (Wildman–Crippen MR) is 67.6 cm³/mol. The lowest BCUT2D eigenvalue weighted by molar-refractivity contribution is 0.485. The van der Waals surface area contributed by atoms with Gasteiger partial charge in [0.05, 0.1) is 24.2 Å². The standard InChI is InChI=1S/C12H19N5O/c1-3-6-17-10(8-14-16-17)12(15-13)9-5-7-18-11(9)4-2/h5,7-8,12,15H,3-4,6,13H2,1-2H3. The molecule has 0 amide bonds. The highest BCUT2D eigenvalue weighted by Gasteiger charge is 2.21. The minimum Gasteiger partial charge on any atom is -0.469 e. The Hall–Kier alpha value is -1.66. The molecular formula is C12H19N5O. The van der Waals surface area contributed by atoms with Crippen molar-refractivity contribution >= 4 is 0 Å². The van der Waals surface area contributed by atoms with Gasteiger partial charge < -0.3 is 4.42 Å². The van der Waals surface area contributed by atoms with Gasteiger partial charge in [0, 0.05) is 18.5 Å². The van der Waals surface area contributed by atoms with E-state index in [1.54, 1.807) is 12.5 Å². The van der Waals surface area contributed by atoms with Gasteiger partial charge in [-0.25, -0.2) is 10.1 Å². The third-order valence-electron chi connectivity index (χ3n) is 2.96. The Morgan fingerprint density at radius 1 is 1.50 bits per heavy atom. The number of hydrogen-bond acceptors (Lipinski definition) is 5. The van der Waals surface area contributed by atoms with E-state index in [0.29, 0.717) is 0 Å². The average Bonchev–Trinajstić information content (AvgIpc) is 3.01. The molecule has 0 fully saturated rings. The van der Waals surface area contributed by atoms with Crippen LogP contribution in [0.15, 0.2) is 22.9 Å². The summed E-state index contributed by atoms with van der Waals surface area (Å²) in [6.45, 7) is 4.98. The molecule has 0 aliphatic carbocycles. The van der Waals surface area contributed by atoms with Crippen molar-refractivity contribution < 1.29 is 4.42 Å². The topological polar surface area (TPSA) is 81.9 Å². The summed E-state index contributed by atoms with van der Waals surface area (Å²) in [5, 5.41) is 8.04. The highest BCUT2D eigenvalue weighted by molar-refractivity contribution is 5.28. The van der Waals surface area contributed by atoms with Crippen molar-refractivity contribution in [3.05, 3.63) is 35.5 Å². The minimum atomic E-state index is -0.139. The van der Waals surface area contributed by atoms with Crippen molar-refractivity contribution in [1.82, 2.24) is 20.4 Å². The van der Waals surface area contributed by atoms with Gasteiger partial charge in [-0.15, -0.1) is 5.10 Å². The van der Waals surface area contributed by atoms with Gasteiger partial charge in [-0.1, -0.05) is 19.1 Å². The summed E-state index contributed by atoms with van der Waals surface area (Å²) in [5.41, 5.74) is 4.82. The molecule has 98 valence electrons. The van der Waals surface area contributed by atoms with Crippen LogP contribution in [-0.2, 0) is 13.0 Å². The number of rotatable bonds is 6. The molecule has 0 spiro atoms. The van der Waals surface area contributed by atoms with Crippen molar-refractivity contribution in [2.75, 3.05) is 0 Å². The zero-order valence-electron chi connectivity index (χ0n) is 10.8. The van der Waals surface area contributed by atoms with Crippen LogP contribution in [0, 0.1) is 0 Å². The van der Waals surface area contributed by atoms with E-state index in [1.165, 1.54) is 0 Å². The molecule has 2 aromatic rings. The van der Waals surface area contributed by atoms with Crippen LogP contribution < -0.4 is 11.3 Å². The van der Waals surface area contributed by atoms with Gasteiger partial charge in [-0.2, -0.15) is 0 Å². The molecule has 1 atom stereocenters. The summed E-state index contributed by atoms with van der Waals surface area (Å²) in [4.78, 5) is 0. The average molecular weight is 249 g/mol. The maximum atomic E-state index is 5.68. The van der Waals surface area contributed by atoms with Crippen LogP contribution in [0.5, 0.6) is 0 Å². The van der Waals surface area contributed by atoms with Gasteiger partial charge in [-0.3, -0.25) is 5.84 Å². The van der Waals surface area contributed by atoms with E-state index in [1.807, 2.05) is 10.7 Å². The Labute approximate surface area is 106 Å². The quantitative estimate of drug-likeness (QED) is 0.597. The van der Waals surface area contributed by atoms with Crippen LogP contribution in [-0.4, -0.2) is 15.0 Å². The van der Waals surface area contributed by atoms with Crippen molar-refractivity contribution in [2.24, 2.45) is 5.84 Å². The van der Waals surface area contributed by atoms with E-state index >= 15 is 0 Å². The Kier molecular flexibility index (Phi) is 4.11. The molecule has 0 radical (unpaired) electrons. The second-order valence-corrected chi connectivity index (χ2v) is 4.13. The van der Waals surface area contributed by atoms with Gasteiger partial charge in [0.25, 0.3) is 0 Å². The third kappa shape index (κ3) is 2.30. The first-order chi connectivity index (χ1) is 8.81.